The summed E-state index contributed by atoms with van der Waals surface area (Å²) < 4.78 is 5.48. The Morgan fingerprint density at radius 1 is 1.00 bits per heavy atom. The standard InChI is InChI=1S/C25H28N2O6/c28-22(27-14-11-25(32,12-15-27)23(29)30)10-5-13-26-24(31)33-16-21-19-8-3-1-6-17(19)18-7-2-4-9-20(18)21/h1-4,6-9,21,32H,5,10-16H2,(H,26,31)(H,29,30). The van der Waals surface area contributed by atoms with Gasteiger partial charge in [-0.3, -0.25) is 4.79 Å². The molecule has 0 unspecified atom stereocenters. The zero-order valence-corrected chi connectivity index (χ0v) is 18.3. The molecule has 2 amide bonds. The first-order valence-electron chi connectivity index (χ1n) is 11.2. The van der Waals surface area contributed by atoms with E-state index in [4.69, 9.17) is 9.84 Å². The Labute approximate surface area is 192 Å². The highest BCUT2D eigenvalue weighted by Crippen LogP contribution is 2.44. The van der Waals surface area contributed by atoms with E-state index in [0.29, 0.717) is 13.0 Å². The number of ether oxygens (including phenoxy) is 1. The van der Waals surface area contributed by atoms with E-state index in [-0.39, 0.29) is 50.8 Å². The predicted molar refractivity (Wildman–Crippen MR) is 121 cm³/mol. The molecular formula is C25H28N2O6. The molecular weight excluding hydrogens is 424 g/mol. The van der Waals surface area contributed by atoms with Gasteiger partial charge in [0.05, 0.1) is 0 Å². The number of carboxylic acid groups (broad SMARTS) is 1. The minimum atomic E-state index is -1.75. The third-order valence-electron chi connectivity index (χ3n) is 6.52. The summed E-state index contributed by atoms with van der Waals surface area (Å²) in [5.74, 6) is -1.37. The van der Waals surface area contributed by atoms with Gasteiger partial charge in [-0.2, -0.15) is 0 Å². The second kappa shape index (κ2) is 9.62. The van der Waals surface area contributed by atoms with Gasteiger partial charge in [0.2, 0.25) is 5.91 Å². The number of hydrogen-bond donors (Lipinski definition) is 3. The van der Waals surface area contributed by atoms with Gasteiger partial charge in [0.1, 0.15) is 6.61 Å². The second-order valence-corrected chi connectivity index (χ2v) is 8.57. The SMILES string of the molecule is O=C(NCCCC(=O)N1CCC(O)(C(=O)O)CC1)OCC1c2ccccc2-c2ccccc21. The van der Waals surface area contributed by atoms with Crippen LogP contribution in [-0.4, -0.2) is 64.9 Å². The lowest BCUT2D eigenvalue weighted by Gasteiger charge is -2.35. The van der Waals surface area contributed by atoms with Crippen molar-refractivity contribution in [2.45, 2.75) is 37.2 Å². The minimum absolute atomic E-state index is 0.00623. The molecule has 33 heavy (non-hydrogen) atoms. The predicted octanol–water partition coefficient (Wildman–Crippen LogP) is 2.74. The average Bonchev–Trinajstić information content (AvgIpc) is 3.14. The summed E-state index contributed by atoms with van der Waals surface area (Å²) in [6.45, 7) is 0.956. The molecule has 2 aliphatic rings. The van der Waals surface area contributed by atoms with Crippen LogP contribution in [0.2, 0.25) is 0 Å². The number of carboxylic acids is 1. The van der Waals surface area contributed by atoms with Crippen molar-refractivity contribution in [2.75, 3.05) is 26.2 Å². The number of aliphatic hydroxyl groups is 1. The lowest BCUT2D eigenvalue weighted by atomic mass is 9.91. The first-order chi connectivity index (χ1) is 15.9. The molecule has 1 aliphatic heterocycles. The molecule has 0 spiro atoms. The molecule has 0 atom stereocenters. The Morgan fingerprint density at radius 3 is 2.15 bits per heavy atom. The Morgan fingerprint density at radius 2 is 1.58 bits per heavy atom. The van der Waals surface area contributed by atoms with Crippen LogP contribution >= 0.6 is 0 Å². The molecule has 8 nitrogen and oxygen atoms in total. The molecule has 1 heterocycles. The maximum absolute atomic E-state index is 12.3. The van der Waals surface area contributed by atoms with E-state index in [0.717, 1.165) is 11.1 Å². The molecule has 0 bridgehead atoms. The smallest absolute Gasteiger partial charge is 0.407 e. The normalized spacial score (nSPS) is 16.6. The zero-order valence-electron chi connectivity index (χ0n) is 18.3. The molecule has 1 saturated heterocycles. The summed E-state index contributed by atoms with van der Waals surface area (Å²) in [7, 11) is 0. The van der Waals surface area contributed by atoms with E-state index >= 15 is 0 Å². The number of piperidine rings is 1. The van der Waals surface area contributed by atoms with Crippen LogP contribution in [0.5, 0.6) is 0 Å². The fourth-order valence-electron chi connectivity index (χ4n) is 4.58. The van der Waals surface area contributed by atoms with Crippen molar-refractivity contribution in [1.29, 1.82) is 0 Å². The highest BCUT2D eigenvalue weighted by Gasteiger charge is 2.40. The van der Waals surface area contributed by atoms with E-state index in [1.165, 1.54) is 11.1 Å². The third kappa shape index (κ3) is 4.85. The van der Waals surface area contributed by atoms with Gasteiger partial charge in [-0.15, -0.1) is 0 Å². The van der Waals surface area contributed by atoms with Gasteiger partial charge < -0.3 is 25.2 Å². The number of likely N-dealkylation sites (tertiary alicyclic amines) is 1. The molecule has 1 fully saturated rings. The summed E-state index contributed by atoms with van der Waals surface area (Å²) in [6.07, 6.45) is 0.199. The van der Waals surface area contributed by atoms with Crippen LogP contribution in [0.25, 0.3) is 11.1 Å². The first kappa shape index (κ1) is 22.8. The number of benzene rings is 2. The molecule has 0 radical (unpaired) electrons. The van der Waals surface area contributed by atoms with Crippen molar-refractivity contribution in [3.63, 3.8) is 0 Å². The van der Waals surface area contributed by atoms with Gasteiger partial charge in [0, 0.05) is 44.8 Å². The van der Waals surface area contributed by atoms with Crippen molar-refractivity contribution < 1.29 is 29.3 Å². The van der Waals surface area contributed by atoms with Crippen LogP contribution < -0.4 is 5.32 Å². The van der Waals surface area contributed by atoms with Gasteiger partial charge in [-0.1, -0.05) is 48.5 Å². The molecule has 3 N–H and O–H groups in total. The summed E-state index contributed by atoms with van der Waals surface area (Å²) in [5, 5.41) is 21.7. The van der Waals surface area contributed by atoms with Crippen LogP contribution in [0.3, 0.4) is 0 Å². The fraction of sp³-hybridized carbons (Fsp3) is 0.400. The van der Waals surface area contributed by atoms with E-state index in [2.05, 4.69) is 29.6 Å². The molecule has 8 heteroatoms. The van der Waals surface area contributed by atoms with Crippen molar-refractivity contribution in [3.05, 3.63) is 59.7 Å². The van der Waals surface area contributed by atoms with Crippen LogP contribution in [0.4, 0.5) is 4.79 Å². The first-order valence-corrected chi connectivity index (χ1v) is 11.2. The van der Waals surface area contributed by atoms with Crippen molar-refractivity contribution >= 4 is 18.0 Å². The second-order valence-electron chi connectivity index (χ2n) is 8.57. The monoisotopic (exact) mass is 452 g/mol. The Bertz CT molecular complexity index is 999. The number of fused-ring (bicyclic) bond motifs is 3. The van der Waals surface area contributed by atoms with Crippen LogP contribution in [0, 0.1) is 0 Å². The zero-order chi connectivity index (χ0) is 23.4. The minimum Gasteiger partial charge on any atom is -0.479 e. The lowest BCUT2D eigenvalue weighted by molar-refractivity contribution is -0.165. The van der Waals surface area contributed by atoms with E-state index in [1.807, 2.05) is 24.3 Å². The average molecular weight is 453 g/mol. The third-order valence-corrected chi connectivity index (χ3v) is 6.52. The van der Waals surface area contributed by atoms with Gasteiger partial charge in [-0.25, -0.2) is 9.59 Å². The molecule has 2 aromatic rings. The number of carbonyl (C=O) groups excluding carboxylic acids is 2. The molecule has 0 saturated carbocycles. The van der Waals surface area contributed by atoms with Gasteiger partial charge in [0.15, 0.2) is 5.60 Å². The summed E-state index contributed by atoms with van der Waals surface area (Å²) >= 11 is 0. The summed E-state index contributed by atoms with van der Waals surface area (Å²) in [6, 6.07) is 16.3. The lowest BCUT2D eigenvalue weighted by Crippen LogP contribution is -2.50. The van der Waals surface area contributed by atoms with Gasteiger partial charge in [0.25, 0.3) is 0 Å². The maximum Gasteiger partial charge on any atom is 0.407 e. The fourth-order valence-corrected chi connectivity index (χ4v) is 4.58. The van der Waals surface area contributed by atoms with Crippen LogP contribution in [-0.2, 0) is 14.3 Å². The number of rotatable bonds is 7. The molecule has 1 aliphatic carbocycles. The molecule has 4 rings (SSSR count). The molecule has 0 aromatic heterocycles. The topological polar surface area (TPSA) is 116 Å². The Kier molecular flexibility index (Phi) is 6.65. The van der Waals surface area contributed by atoms with Crippen molar-refractivity contribution in [3.8, 4) is 11.1 Å². The van der Waals surface area contributed by atoms with E-state index < -0.39 is 17.7 Å². The van der Waals surface area contributed by atoms with Crippen molar-refractivity contribution in [2.24, 2.45) is 0 Å². The van der Waals surface area contributed by atoms with Gasteiger partial charge in [-0.05, 0) is 28.7 Å². The number of alkyl carbamates (subject to hydrolysis) is 1. The number of amides is 2. The van der Waals surface area contributed by atoms with Crippen LogP contribution in [0.15, 0.2) is 48.5 Å². The molecule has 174 valence electrons. The number of nitrogens with zero attached hydrogens (tertiary/aromatic N) is 1. The number of carbonyl (C=O) groups is 3. The Hall–Kier alpha value is -3.39. The number of hydrogen-bond acceptors (Lipinski definition) is 5. The Balaban J connectivity index is 1.19. The quantitative estimate of drug-likeness (QED) is 0.557. The highest BCUT2D eigenvalue weighted by molar-refractivity contribution is 5.80. The van der Waals surface area contributed by atoms with Gasteiger partial charge >= 0.3 is 12.1 Å². The number of aliphatic carboxylic acids is 1. The van der Waals surface area contributed by atoms with Crippen molar-refractivity contribution in [1.82, 2.24) is 10.2 Å². The summed E-state index contributed by atoms with van der Waals surface area (Å²) in [5.41, 5.74) is 2.88. The maximum atomic E-state index is 12.3. The summed E-state index contributed by atoms with van der Waals surface area (Å²) in [4.78, 5) is 37.1. The van der Waals surface area contributed by atoms with E-state index in [1.54, 1.807) is 4.90 Å². The largest absolute Gasteiger partial charge is 0.479 e. The van der Waals surface area contributed by atoms with Crippen LogP contribution in [0.1, 0.15) is 42.7 Å². The van der Waals surface area contributed by atoms with E-state index in [9.17, 15) is 19.5 Å². The molecule has 2 aromatic carbocycles. The number of nitrogens with one attached hydrogen (secondary N) is 1. The highest BCUT2D eigenvalue weighted by atomic mass is 16.5.